The highest BCUT2D eigenvalue weighted by Gasteiger charge is 2.12. The number of hydrogen-bond acceptors (Lipinski definition) is 4. The summed E-state index contributed by atoms with van der Waals surface area (Å²) in [7, 11) is 1.51. The number of nitrogens with zero attached hydrogens (tertiary/aromatic N) is 1. The maximum absolute atomic E-state index is 12.9. The van der Waals surface area contributed by atoms with Crippen molar-refractivity contribution >= 4 is 19.7 Å². The Morgan fingerprint density at radius 1 is 0.955 bits per heavy atom. The van der Waals surface area contributed by atoms with E-state index in [2.05, 4.69) is 4.98 Å². The quantitative estimate of drug-likeness (QED) is 0.676. The SMILES string of the molecule is O=S(=O)(Cl)c1ccc(-c2cnc(-c3ccc(F)cc3)o2)cc1. The van der Waals surface area contributed by atoms with Crippen LogP contribution >= 0.6 is 10.7 Å². The first-order valence-electron chi connectivity index (χ1n) is 6.20. The summed E-state index contributed by atoms with van der Waals surface area (Å²) >= 11 is 0. The van der Waals surface area contributed by atoms with E-state index in [0.29, 0.717) is 22.8 Å². The van der Waals surface area contributed by atoms with E-state index in [4.69, 9.17) is 15.1 Å². The van der Waals surface area contributed by atoms with Crippen LogP contribution in [0.2, 0.25) is 0 Å². The first kappa shape index (κ1) is 14.7. The molecule has 112 valence electrons. The Labute approximate surface area is 130 Å². The Morgan fingerprint density at radius 3 is 2.14 bits per heavy atom. The van der Waals surface area contributed by atoms with E-state index < -0.39 is 9.05 Å². The molecule has 0 aliphatic rings. The highest BCUT2D eigenvalue weighted by molar-refractivity contribution is 8.13. The van der Waals surface area contributed by atoms with Crippen LogP contribution < -0.4 is 0 Å². The van der Waals surface area contributed by atoms with Crippen LogP contribution in [-0.4, -0.2) is 13.4 Å². The number of hydrogen-bond donors (Lipinski definition) is 0. The Bertz CT molecular complexity index is 903. The monoisotopic (exact) mass is 337 g/mol. The third kappa shape index (κ3) is 3.03. The molecule has 0 fully saturated rings. The zero-order valence-electron chi connectivity index (χ0n) is 11.0. The largest absolute Gasteiger partial charge is 0.436 e. The molecule has 0 atom stereocenters. The van der Waals surface area contributed by atoms with E-state index in [1.165, 1.54) is 30.5 Å². The van der Waals surface area contributed by atoms with Crippen LogP contribution in [0.1, 0.15) is 0 Å². The fourth-order valence-corrected chi connectivity index (χ4v) is 2.69. The third-order valence-corrected chi connectivity index (χ3v) is 4.39. The Hall–Kier alpha value is -2.18. The van der Waals surface area contributed by atoms with Gasteiger partial charge in [-0.1, -0.05) is 0 Å². The first-order valence-corrected chi connectivity index (χ1v) is 8.51. The van der Waals surface area contributed by atoms with Gasteiger partial charge in [0.15, 0.2) is 5.76 Å². The number of oxazole rings is 1. The highest BCUT2D eigenvalue weighted by Crippen LogP contribution is 2.27. The summed E-state index contributed by atoms with van der Waals surface area (Å²) in [6.07, 6.45) is 1.52. The lowest BCUT2D eigenvalue weighted by Crippen LogP contribution is -1.89. The third-order valence-electron chi connectivity index (χ3n) is 3.02. The molecule has 4 nitrogen and oxygen atoms in total. The summed E-state index contributed by atoms with van der Waals surface area (Å²) in [5, 5.41) is 0. The smallest absolute Gasteiger partial charge is 0.261 e. The van der Waals surface area contributed by atoms with Gasteiger partial charge in [-0.2, -0.15) is 0 Å². The lowest BCUT2D eigenvalue weighted by atomic mass is 10.2. The van der Waals surface area contributed by atoms with Crippen LogP contribution in [0, 0.1) is 5.82 Å². The van der Waals surface area contributed by atoms with Gasteiger partial charge in [0.1, 0.15) is 5.82 Å². The lowest BCUT2D eigenvalue weighted by Gasteiger charge is -1.99. The van der Waals surface area contributed by atoms with Crippen molar-refractivity contribution in [3.63, 3.8) is 0 Å². The molecule has 0 aliphatic carbocycles. The number of benzene rings is 2. The van der Waals surface area contributed by atoms with Crippen molar-refractivity contribution in [1.29, 1.82) is 0 Å². The average Bonchev–Trinajstić information content (AvgIpc) is 2.97. The van der Waals surface area contributed by atoms with Gasteiger partial charge in [-0.3, -0.25) is 0 Å². The zero-order chi connectivity index (χ0) is 15.7. The fraction of sp³-hybridized carbons (Fsp3) is 0. The summed E-state index contributed by atoms with van der Waals surface area (Å²) in [5.41, 5.74) is 1.30. The average molecular weight is 338 g/mol. The molecule has 0 saturated heterocycles. The Balaban J connectivity index is 1.92. The van der Waals surface area contributed by atoms with Crippen molar-refractivity contribution in [3.8, 4) is 22.8 Å². The predicted molar refractivity (Wildman–Crippen MR) is 80.4 cm³/mol. The lowest BCUT2D eigenvalue weighted by molar-refractivity contribution is 0.587. The molecule has 7 heteroatoms. The van der Waals surface area contributed by atoms with E-state index in [-0.39, 0.29) is 10.7 Å². The molecule has 0 amide bonds. The molecule has 1 heterocycles. The summed E-state index contributed by atoms with van der Waals surface area (Å²) in [6.45, 7) is 0. The van der Waals surface area contributed by atoms with Crippen LogP contribution in [0.15, 0.2) is 64.0 Å². The van der Waals surface area contributed by atoms with Gasteiger partial charge in [-0.25, -0.2) is 17.8 Å². The maximum atomic E-state index is 12.9. The maximum Gasteiger partial charge on any atom is 0.261 e. The molecule has 22 heavy (non-hydrogen) atoms. The van der Waals surface area contributed by atoms with Crippen molar-refractivity contribution in [3.05, 3.63) is 60.5 Å². The molecule has 3 aromatic rings. The number of rotatable bonds is 3. The van der Waals surface area contributed by atoms with Gasteiger partial charge in [-0.15, -0.1) is 0 Å². The van der Waals surface area contributed by atoms with Crippen molar-refractivity contribution in [2.24, 2.45) is 0 Å². The standard InChI is InChI=1S/C15H9ClFNO3S/c16-22(19,20)13-7-3-10(4-8-13)14-9-18-15(21-14)11-1-5-12(17)6-2-11/h1-9H. The van der Waals surface area contributed by atoms with Gasteiger partial charge in [-0.05, 0) is 48.5 Å². The van der Waals surface area contributed by atoms with Crippen molar-refractivity contribution in [1.82, 2.24) is 4.98 Å². The van der Waals surface area contributed by atoms with E-state index in [1.807, 2.05) is 0 Å². The summed E-state index contributed by atoms with van der Waals surface area (Å²) in [6, 6.07) is 11.7. The van der Waals surface area contributed by atoms with Crippen molar-refractivity contribution in [2.45, 2.75) is 4.90 Å². The molecule has 0 saturated carbocycles. The molecular weight excluding hydrogens is 329 g/mol. The van der Waals surface area contributed by atoms with E-state index in [1.54, 1.807) is 24.3 Å². The van der Waals surface area contributed by atoms with Crippen LogP contribution in [0.3, 0.4) is 0 Å². The van der Waals surface area contributed by atoms with E-state index in [9.17, 15) is 12.8 Å². The molecule has 0 bridgehead atoms. The summed E-state index contributed by atoms with van der Waals surface area (Å²) in [4.78, 5) is 4.14. The minimum absolute atomic E-state index is 0.0104. The topological polar surface area (TPSA) is 60.2 Å². The normalized spacial score (nSPS) is 11.5. The Morgan fingerprint density at radius 2 is 1.55 bits per heavy atom. The van der Waals surface area contributed by atoms with E-state index >= 15 is 0 Å². The second-order valence-corrected chi connectivity index (χ2v) is 7.06. The van der Waals surface area contributed by atoms with Gasteiger partial charge >= 0.3 is 0 Å². The van der Waals surface area contributed by atoms with Crippen molar-refractivity contribution < 1.29 is 17.2 Å². The molecule has 2 aromatic carbocycles. The molecule has 0 N–H and O–H groups in total. The highest BCUT2D eigenvalue weighted by atomic mass is 35.7. The van der Waals surface area contributed by atoms with Gasteiger partial charge in [0, 0.05) is 21.8 Å². The second kappa shape index (κ2) is 5.55. The van der Waals surface area contributed by atoms with Gasteiger partial charge in [0.2, 0.25) is 5.89 Å². The predicted octanol–water partition coefficient (Wildman–Crippen LogP) is 4.08. The number of halogens is 2. The molecule has 1 aromatic heterocycles. The summed E-state index contributed by atoms with van der Waals surface area (Å²) < 4.78 is 40.9. The second-order valence-electron chi connectivity index (χ2n) is 4.50. The molecular formula is C15H9ClFNO3S. The van der Waals surface area contributed by atoms with Gasteiger partial charge in [0.05, 0.1) is 11.1 Å². The van der Waals surface area contributed by atoms with Gasteiger partial charge in [0.25, 0.3) is 9.05 Å². The minimum atomic E-state index is -3.75. The Kier molecular flexibility index (Phi) is 3.72. The van der Waals surface area contributed by atoms with Crippen molar-refractivity contribution in [2.75, 3.05) is 0 Å². The van der Waals surface area contributed by atoms with Crippen LogP contribution in [0.4, 0.5) is 4.39 Å². The van der Waals surface area contributed by atoms with Gasteiger partial charge < -0.3 is 4.42 Å². The van der Waals surface area contributed by atoms with Crippen LogP contribution in [0.25, 0.3) is 22.8 Å². The fourth-order valence-electron chi connectivity index (χ4n) is 1.92. The molecule has 0 aliphatic heterocycles. The van der Waals surface area contributed by atoms with Crippen LogP contribution in [-0.2, 0) is 9.05 Å². The minimum Gasteiger partial charge on any atom is -0.436 e. The first-order chi connectivity index (χ1) is 10.4. The molecule has 3 rings (SSSR count). The molecule has 0 radical (unpaired) electrons. The molecule has 0 unspecified atom stereocenters. The van der Waals surface area contributed by atoms with Crippen LogP contribution in [0.5, 0.6) is 0 Å². The number of aromatic nitrogens is 1. The summed E-state index contributed by atoms with van der Waals surface area (Å²) in [5.74, 6) is 0.482. The molecule has 0 spiro atoms. The van der Waals surface area contributed by atoms with E-state index in [0.717, 1.165) is 0 Å². The zero-order valence-corrected chi connectivity index (χ0v) is 12.6.